The van der Waals surface area contributed by atoms with Crippen LogP contribution < -0.4 is 4.74 Å². The molecule has 17 heavy (non-hydrogen) atoms. The SMILES string of the molecule is OCc1cc(F)ccc1Oc1cccc(Br)c1. The van der Waals surface area contributed by atoms with Crippen LogP contribution in [0.1, 0.15) is 5.56 Å². The van der Waals surface area contributed by atoms with E-state index in [-0.39, 0.29) is 6.61 Å². The van der Waals surface area contributed by atoms with Gasteiger partial charge in [0, 0.05) is 10.0 Å². The van der Waals surface area contributed by atoms with Gasteiger partial charge in [0.25, 0.3) is 0 Å². The molecule has 0 aliphatic carbocycles. The van der Waals surface area contributed by atoms with Crippen LogP contribution in [0.15, 0.2) is 46.9 Å². The minimum atomic E-state index is -0.393. The zero-order chi connectivity index (χ0) is 12.3. The molecule has 0 saturated carbocycles. The Labute approximate surface area is 107 Å². The Bertz CT molecular complexity index is 529. The van der Waals surface area contributed by atoms with Crippen molar-refractivity contribution in [1.82, 2.24) is 0 Å². The van der Waals surface area contributed by atoms with Gasteiger partial charge >= 0.3 is 0 Å². The van der Waals surface area contributed by atoms with Crippen LogP contribution in [0.4, 0.5) is 4.39 Å². The third kappa shape index (κ3) is 3.05. The van der Waals surface area contributed by atoms with Gasteiger partial charge in [0.15, 0.2) is 0 Å². The van der Waals surface area contributed by atoms with E-state index in [0.29, 0.717) is 17.1 Å². The summed E-state index contributed by atoms with van der Waals surface area (Å²) in [5.74, 6) is 0.684. The van der Waals surface area contributed by atoms with Crippen LogP contribution >= 0.6 is 15.9 Å². The maximum atomic E-state index is 13.0. The predicted octanol–water partition coefficient (Wildman–Crippen LogP) is 3.87. The second-order valence-electron chi connectivity index (χ2n) is 3.47. The predicted molar refractivity (Wildman–Crippen MR) is 66.5 cm³/mol. The van der Waals surface area contributed by atoms with Crippen molar-refractivity contribution in [2.45, 2.75) is 6.61 Å². The maximum absolute atomic E-state index is 13.0. The molecule has 0 amide bonds. The Kier molecular flexibility index (Phi) is 3.76. The number of ether oxygens (including phenoxy) is 1. The minimum Gasteiger partial charge on any atom is -0.457 e. The molecule has 2 nitrogen and oxygen atoms in total. The molecule has 4 heteroatoms. The van der Waals surface area contributed by atoms with Crippen LogP contribution in [0.2, 0.25) is 0 Å². The van der Waals surface area contributed by atoms with E-state index in [0.717, 1.165) is 4.47 Å². The standard InChI is InChI=1S/C13H10BrFO2/c14-10-2-1-3-12(7-10)17-13-5-4-11(15)6-9(13)8-16/h1-7,16H,8H2. The fraction of sp³-hybridized carbons (Fsp3) is 0.0769. The zero-order valence-corrected chi connectivity index (χ0v) is 10.4. The molecule has 0 saturated heterocycles. The summed E-state index contributed by atoms with van der Waals surface area (Å²) in [7, 11) is 0. The lowest BCUT2D eigenvalue weighted by atomic mass is 10.2. The van der Waals surface area contributed by atoms with Gasteiger partial charge in [-0.1, -0.05) is 22.0 Å². The van der Waals surface area contributed by atoms with Gasteiger partial charge in [0.1, 0.15) is 17.3 Å². The number of hydrogen-bond donors (Lipinski definition) is 1. The van der Waals surface area contributed by atoms with Gasteiger partial charge in [-0.15, -0.1) is 0 Å². The van der Waals surface area contributed by atoms with Crippen LogP contribution in [0, 0.1) is 5.82 Å². The van der Waals surface area contributed by atoms with Crippen molar-refractivity contribution < 1.29 is 14.2 Å². The molecule has 0 aliphatic rings. The number of aliphatic hydroxyl groups excluding tert-OH is 1. The highest BCUT2D eigenvalue weighted by molar-refractivity contribution is 9.10. The quantitative estimate of drug-likeness (QED) is 0.931. The number of aliphatic hydroxyl groups is 1. The molecule has 2 aromatic rings. The molecule has 0 aromatic heterocycles. The summed E-state index contributed by atoms with van der Waals surface area (Å²) < 4.78 is 19.4. The molecule has 0 spiro atoms. The van der Waals surface area contributed by atoms with E-state index in [2.05, 4.69) is 15.9 Å². The van der Waals surface area contributed by atoms with Gasteiger partial charge in [-0.25, -0.2) is 4.39 Å². The molecule has 0 bridgehead atoms. The summed E-state index contributed by atoms with van der Waals surface area (Å²) in [4.78, 5) is 0. The summed E-state index contributed by atoms with van der Waals surface area (Å²) in [6.45, 7) is -0.263. The first-order chi connectivity index (χ1) is 8.19. The second kappa shape index (κ2) is 5.29. The number of hydrogen-bond acceptors (Lipinski definition) is 2. The van der Waals surface area contributed by atoms with Crippen molar-refractivity contribution in [1.29, 1.82) is 0 Å². The molecular weight excluding hydrogens is 287 g/mol. The van der Waals surface area contributed by atoms with Crippen LogP contribution in [-0.4, -0.2) is 5.11 Å². The average Bonchev–Trinajstić information content (AvgIpc) is 2.31. The van der Waals surface area contributed by atoms with Crippen molar-refractivity contribution in [2.75, 3.05) is 0 Å². The van der Waals surface area contributed by atoms with Crippen LogP contribution in [0.3, 0.4) is 0 Å². The molecule has 0 aliphatic heterocycles. The molecule has 0 atom stereocenters. The largest absolute Gasteiger partial charge is 0.457 e. The smallest absolute Gasteiger partial charge is 0.133 e. The summed E-state index contributed by atoms with van der Waals surface area (Å²) >= 11 is 3.33. The maximum Gasteiger partial charge on any atom is 0.133 e. The molecular formula is C13H10BrFO2. The van der Waals surface area contributed by atoms with Gasteiger partial charge in [-0.3, -0.25) is 0 Å². The molecule has 88 valence electrons. The molecule has 2 aromatic carbocycles. The Balaban J connectivity index is 2.29. The first-order valence-electron chi connectivity index (χ1n) is 5.02. The normalized spacial score (nSPS) is 10.3. The third-order valence-electron chi connectivity index (χ3n) is 2.22. The Morgan fingerprint density at radius 3 is 2.71 bits per heavy atom. The highest BCUT2D eigenvalue weighted by Crippen LogP contribution is 2.27. The van der Waals surface area contributed by atoms with Crippen molar-refractivity contribution in [3.05, 3.63) is 58.3 Å². The highest BCUT2D eigenvalue weighted by atomic mass is 79.9. The Morgan fingerprint density at radius 1 is 1.18 bits per heavy atom. The van der Waals surface area contributed by atoms with Gasteiger partial charge in [0.2, 0.25) is 0 Å². The molecule has 0 unspecified atom stereocenters. The second-order valence-corrected chi connectivity index (χ2v) is 4.39. The number of benzene rings is 2. The van der Waals surface area contributed by atoms with E-state index < -0.39 is 5.82 Å². The topological polar surface area (TPSA) is 29.5 Å². The Hall–Kier alpha value is -1.39. The summed E-state index contributed by atoms with van der Waals surface area (Å²) in [5.41, 5.74) is 0.421. The zero-order valence-electron chi connectivity index (χ0n) is 8.86. The number of halogens is 2. The van der Waals surface area contributed by atoms with Crippen molar-refractivity contribution in [2.24, 2.45) is 0 Å². The molecule has 1 N–H and O–H groups in total. The molecule has 0 radical (unpaired) electrons. The van der Waals surface area contributed by atoms with E-state index in [1.165, 1.54) is 18.2 Å². The average molecular weight is 297 g/mol. The van der Waals surface area contributed by atoms with Crippen molar-refractivity contribution in [3.63, 3.8) is 0 Å². The van der Waals surface area contributed by atoms with Gasteiger partial charge in [-0.2, -0.15) is 0 Å². The van der Waals surface area contributed by atoms with Crippen LogP contribution in [0.5, 0.6) is 11.5 Å². The summed E-state index contributed by atoms with van der Waals surface area (Å²) in [6.07, 6.45) is 0. The lowest BCUT2D eigenvalue weighted by Gasteiger charge is -2.09. The first kappa shape index (κ1) is 12.1. The minimum absolute atomic E-state index is 0.263. The van der Waals surface area contributed by atoms with Crippen LogP contribution in [-0.2, 0) is 6.61 Å². The Morgan fingerprint density at radius 2 is 2.00 bits per heavy atom. The van der Waals surface area contributed by atoms with E-state index in [9.17, 15) is 4.39 Å². The van der Waals surface area contributed by atoms with Gasteiger partial charge in [0.05, 0.1) is 6.61 Å². The fourth-order valence-corrected chi connectivity index (χ4v) is 1.81. The van der Waals surface area contributed by atoms with E-state index in [4.69, 9.17) is 9.84 Å². The summed E-state index contributed by atoms with van der Waals surface area (Å²) in [6, 6.07) is 11.4. The van der Waals surface area contributed by atoms with E-state index in [1.54, 1.807) is 12.1 Å². The van der Waals surface area contributed by atoms with Crippen molar-refractivity contribution in [3.8, 4) is 11.5 Å². The number of rotatable bonds is 3. The molecule has 0 heterocycles. The van der Waals surface area contributed by atoms with E-state index in [1.807, 2.05) is 12.1 Å². The van der Waals surface area contributed by atoms with E-state index >= 15 is 0 Å². The first-order valence-corrected chi connectivity index (χ1v) is 5.81. The lowest BCUT2D eigenvalue weighted by molar-refractivity contribution is 0.276. The monoisotopic (exact) mass is 296 g/mol. The van der Waals surface area contributed by atoms with Crippen LogP contribution in [0.25, 0.3) is 0 Å². The summed E-state index contributed by atoms with van der Waals surface area (Å²) in [5, 5.41) is 9.12. The fourth-order valence-electron chi connectivity index (χ4n) is 1.43. The molecule has 2 rings (SSSR count). The van der Waals surface area contributed by atoms with Gasteiger partial charge in [-0.05, 0) is 36.4 Å². The van der Waals surface area contributed by atoms with Gasteiger partial charge < -0.3 is 9.84 Å². The third-order valence-corrected chi connectivity index (χ3v) is 2.71. The molecule has 0 fully saturated rings. The highest BCUT2D eigenvalue weighted by Gasteiger charge is 2.06. The lowest BCUT2D eigenvalue weighted by Crippen LogP contribution is -1.92. The van der Waals surface area contributed by atoms with Crippen molar-refractivity contribution >= 4 is 15.9 Å².